The number of aromatic nitrogens is 3. The highest BCUT2D eigenvalue weighted by Gasteiger charge is 2.12. The first-order chi connectivity index (χ1) is 12.4. The first-order valence-corrected chi connectivity index (χ1v) is 9.41. The number of aryl methyl sites for hydroxylation is 4. The van der Waals surface area contributed by atoms with Crippen LogP contribution in [-0.2, 0) is 4.79 Å². The van der Waals surface area contributed by atoms with Gasteiger partial charge in [-0.25, -0.2) is 4.98 Å². The molecule has 1 heterocycles. The van der Waals surface area contributed by atoms with Crippen molar-refractivity contribution >= 4 is 23.4 Å². The maximum atomic E-state index is 12.3. The van der Waals surface area contributed by atoms with E-state index >= 15 is 0 Å². The van der Waals surface area contributed by atoms with Crippen molar-refractivity contribution in [3.8, 4) is 11.4 Å². The van der Waals surface area contributed by atoms with Crippen molar-refractivity contribution in [3.63, 3.8) is 0 Å². The number of anilines is 1. The minimum absolute atomic E-state index is 0.0627. The Morgan fingerprint density at radius 3 is 2.46 bits per heavy atom. The molecular weight excluding hydrogens is 344 g/mol. The Bertz CT molecular complexity index is 925. The molecule has 0 spiro atoms. The highest BCUT2D eigenvalue weighted by molar-refractivity contribution is 7.99. The molecule has 0 aliphatic heterocycles. The lowest BCUT2D eigenvalue weighted by molar-refractivity contribution is -0.113. The second-order valence-electron chi connectivity index (χ2n) is 6.39. The van der Waals surface area contributed by atoms with Crippen LogP contribution in [0, 0.1) is 27.7 Å². The van der Waals surface area contributed by atoms with Crippen LogP contribution in [0.2, 0.25) is 0 Å². The van der Waals surface area contributed by atoms with Crippen LogP contribution in [0.1, 0.15) is 22.3 Å². The minimum atomic E-state index is -0.0627. The summed E-state index contributed by atoms with van der Waals surface area (Å²) in [7, 11) is 0. The van der Waals surface area contributed by atoms with Gasteiger partial charge in [-0.2, -0.15) is 0 Å². The molecule has 0 fully saturated rings. The van der Waals surface area contributed by atoms with Crippen LogP contribution in [0.25, 0.3) is 11.4 Å². The van der Waals surface area contributed by atoms with Crippen molar-refractivity contribution in [2.45, 2.75) is 32.9 Å². The second-order valence-corrected chi connectivity index (χ2v) is 7.33. The number of aromatic amines is 1. The number of nitrogens with zero attached hydrogens (tertiary/aromatic N) is 2. The number of benzene rings is 2. The molecule has 0 aliphatic carbocycles. The zero-order valence-electron chi connectivity index (χ0n) is 15.4. The lowest BCUT2D eigenvalue weighted by Crippen LogP contribution is -2.16. The summed E-state index contributed by atoms with van der Waals surface area (Å²) >= 11 is 1.32. The summed E-state index contributed by atoms with van der Waals surface area (Å²) in [6.45, 7) is 8.10. The summed E-state index contributed by atoms with van der Waals surface area (Å²) in [6.07, 6.45) is 0. The molecule has 2 aromatic carbocycles. The Kier molecular flexibility index (Phi) is 5.42. The number of nitrogens with one attached hydrogen (secondary N) is 2. The van der Waals surface area contributed by atoms with E-state index < -0.39 is 0 Å². The zero-order valence-corrected chi connectivity index (χ0v) is 16.2. The van der Waals surface area contributed by atoms with Crippen LogP contribution in [0.4, 0.5) is 5.69 Å². The minimum Gasteiger partial charge on any atom is -0.325 e. The van der Waals surface area contributed by atoms with Crippen LogP contribution in [0.15, 0.2) is 41.6 Å². The molecular formula is C20H22N4OS. The quantitative estimate of drug-likeness (QED) is 0.655. The third-order valence-electron chi connectivity index (χ3n) is 4.14. The van der Waals surface area contributed by atoms with Gasteiger partial charge < -0.3 is 5.32 Å². The Morgan fingerprint density at radius 1 is 1.08 bits per heavy atom. The van der Waals surface area contributed by atoms with Gasteiger partial charge in [-0.3, -0.25) is 9.89 Å². The number of carbonyl (C=O) groups is 1. The van der Waals surface area contributed by atoms with Gasteiger partial charge in [-0.05, 0) is 44.4 Å². The van der Waals surface area contributed by atoms with Gasteiger partial charge in [0.25, 0.3) is 0 Å². The summed E-state index contributed by atoms with van der Waals surface area (Å²) in [6, 6.07) is 12.1. The van der Waals surface area contributed by atoms with E-state index in [9.17, 15) is 4.79 Å². The van der Waals surface area contributed by atoms with Gasteiger partial charge in [0.05, 0.1) is 5.75 Å². The maximum Gasteiger partial charge on any atom is 0.234 e. The van der Waals surface area contributed by atoms with E-state index in [-0.39, 0.29) is 11.7 Å². The summed E-state index contributed by atoms with van der Waals surface area (Å²) in [5.41, 5.74) is 6.36. The molecule has 0 saturated carbocycles. The van der Waals surface area contributed by atoms with Crippen LogP contribution in [0.5, 0.6) is 0 Å². The zero-order chi connectivity index (χ0) is 18.7. The summed E-state index contributed by atoms with van der Waals surface area (Å²) < 4.78 is 0. The lowest BCUT2D eigenvalue weighted by atomic mass is 10.1. The number of H-pyrrole nitrogens is 1. The van der Waals surface area contributed by atoms with E-state index in [1.807, 2.05) is 45.0 Å². The maximum absolute atomic E-state index is 12.3. The SMILES string of the molecule is Cc1cc(C)c(NC(=O)CSc2n[nH]c(-c3ccccc3C)n2)c(C)c1. The van der Waals surface area contributed by atoms with E-state index in [1.165, 1.54) is 17.3 Å². The van der Waals surface area contributed by atoms with Gasteiger partial charge in [-0.15, -0.1) is 5.10 Å². The van der Waals surface area contributed by atoms with E-state index in [2.05, 4.69) is 39.6 Å². The molecule has 3 rings (SSSR count). The molecule has 1 aromatic heterocycles. The van der Waals surface area contributed by atoms with Crippen LogP contribution >= 0.6 is 11.8 Å². The van der Waals surface area contributed by atoms with Gasteiger partial charge in [0.15, 0.2) is 5.82 Å². The van der Waals surface area contributed by atoms with Crippen LogP contribution < -0.4 is 5.32 Å². The highest BCUT2D eigenvalue weighted by atomic mass is 32.2. The average Bonchev–Trinajstić information content (AvgIpc) is 3.05. The molecule has 134 valence electrons. The molecule has 0 saturated heterocycles. The first kappa shape index (κ1) is 18.2. The van der Waals surface area contributed by atoms with E-state index in [0.717, 1.165) is 33.8 Å². The van der Waals surface area contributed by atoms with Crippen molar-refractivity contribution in [1.82, 2.24) is 15.2 Å². The third-order valence-corrected chi connectivity index (χ3v) is 4.99. The molecule has 1 amide bonds. The van der Waals surface area contributed by atoms with Gasteiger partial charge in [0, 0.05) is 11.3 Å². The smallest absolute Gasteiger partial charge is 0.234 e. The first-order valence-electron chi connectivity index (χ1n) is 8.43. The fourth-order valence-electron chi connectivity index (χ4n) is 2.95. The number of hydrogen-bond acceptors (Lipinski definition) is 4. The average molecular weight is 366 g/mol. The fraction of sp³-hybridized carbons (Fsp3) is 0.250. The predicted octanol–water partition coefficient (Wildman–Crippen LogP) is 4.44. The summed E-state index contributed by atoms with van der Waals surface area (Å²) in [4.78, 5) is 16.8. The Hall–Kier alpha value is -2.60. The molecule has 0 aliphatic rings. The van der Waals surface area contributed by atoms with Crippen molar-refractivity contribution < 1.29 is 4.79 Å². The molecule has 2 N–H and O–H groups in total. The lowest BCUT2D eigenvalue weighted by Gasteiger charge is -2.12. The number of hydrogen-bond donors (Lipinski definition) is 2. The molecule has 6 heteroatoms. The van der Waals surface area contributed by atoms with Gasteiger partial charge in [0.1, 0.15) is 0 Å². The molecule has 0 radical (unpaired) electrons. The van der Waals surface area contributed by atoms with E-state index in [4.69, 9.17) is 0 Å². The van der Waals surface area contributed by atoms with Gasteiger partial charge >= 0.3 is 0 Å². The Labute approximate surface area is 157 Å². The molecule has 5 nitrogen and oxygen atoms in total. The normalized spacial score (nSPS) is 10.8. The van der Waals surface area contributed by atoms with Crippen LogP contribution in [-0.4, -0.2) is 26.8 Å². The molecule has 26 heavy (non-hydrogen) atoms. The van der Waals surface area contributed by atoms with Gasteiger partial charge in [0.2, 0.25) is 11.1 Å². The largest absolute Gasteiger partial charge is 0.325 e. The number of rotatable bonds is 5. The monoisotopic (exact) mass is 366 g/mol. The fourth-order valence-corrected chi connectivity index (χ4v) is 3.55. The molecule has 3 aromatic rings. The molecule has 0 atom stereocenters. The molecule has 0 unspecified atom stereocenters. The summed E-state index contributed by atoms with van der Waals surface area (Å²) in [5, 5.41) is 10.7. The van der Waals surface area contributed by atoms with Crippen molar-refractivity contribution in [2.24, 2.45) is 0 Å². The van der Waals surface area contributed by atoms with E-state index in [1.54, 1.807) is 0 Å². The second kappa shape index (κ2) is 7.74. The highest BCUT2D eigenvalue weighted by Crippen LogP contribution is 2.24. The Morgan fingerprint density at radius 2 is 1.77 bits per heavy atom. The third kappa shape index (κ3) is 4.14. The molecule has 0 bridgehead atoms. The topological polar surface area (TPSA) is 70.7 Å². The van der Waals surface area contributed by atoms with Crippen molar-refractivity contribution in [3.05, 3.63) is 58.7 Å². The van der Waals surface area contributed by atoms with Crippen LogP contribution in [0.3, 0.4) is 0 Å². The van der Waals surface area contributed by atoms with E-state index in [0.29, 0.717) is 5.16 Å². The standard InChI is InChI=1S/C20H22N4OS/c1-12-9-14(3)18(15(4)10-12)21-17(25)11-26-20-22-19(23-24-20)16-8-6-5-7-13(16)2/h5-10H,11H2,1-4H3,(H,21,25)(H,22,23,24). The van der Waals surface area contributed by atoms with Crippen molar-refractivity contribution in [1.29, 1.82) is 0 Å². The number of carbonyl (C=O) groups excluding carboxylic acids is 1. The van der Waals surface area contributed by atoms with Gasteiger partial charge in [-0.1, -0.05) is 53.7 Å². The Balaban J connectivity index is 1.63. The predicted molar refractivity (Wildman–Crippen MR) is 107 cm³/mol. The number of thioether (sulfide) groups is 1. The number of amides is 1. The van der Waals surface area contributed by atoms with Crippen molar-refractivity contribution in [2.75, 3.05) is 11.1 Å². The summed E-state index contributed by atoms with van der Waals surface area (Å²) in [5.74, 6) is 0.918.